The molecule has 29 heavy (non-hydrogen) atoms. The molecule has 152 valence electrons. The molecule has 0 fully saturated rings. The second-order valence-electron chi connectivity index (χ2n) is 7.69. The average molecular weight is 390 g/mol. The third-order valence-corrected chi connectivity index (χ3v) is 5.43. The topological polar surface area (TPSA) is 52.2 Å². The summed E-state index contributed by atoms with van der Waals surface area (Å²) in [6, 6.07) is 21.4. The Labute approximate surface area is 173 Å². The summed E-state index contributed by atoms with van der Waals surface area (Å²) in [7, 11) is 0. The summed E-state index contributed by atoms with van der Waals surface area (Å²) < 4.78 is 0. The van der Waals surface area contributed by atoms with Gasteiger partial charge in [0.05, 0.1) is 11.2 Å². The lowest BCUT2D eigenvalue weighted by Crippen LogP contribution is -2.40. The van der Waals surface area contributed by atoms with Gasteiger partial charge in [0.25, 0.3) is 0 Å². The highest BCUT2D eigenvalue weighted by molar-refractivity contribution is 5.78. The van der Waals surface area contributed by atoms with Gasteiger partial charge in [-0.05, 0) is 23.3 Å². The van der Waals surface area contributed by atoms with Crippen molar-refractivity contribution < 1.29 is 0 Å². The fraction of sp³-hybridized carbons (Fsp3) is 0.375. The quantitative estimate of drug-likeness (QED) is 0.586. The molecule has 3 aromatic rings. The highest BCUT2D eigenvalue weighted by Crippen LogP contribution is 2.11. The van der Waals surface area contributed by atoms with Crippen molar-refractivity contribution in [2.75, 3.05) is 39.3 Å². The number of para-hydroxylation sites is 1. The van der Waals surface area contributed by atoms with Crippen LogP contribution >= 0.6 is 0 Å². The molecule has 0 spiro atoms. The minimum atomic E-state index is 0.809. The first-order valence-electron chi connectivity index (χ1n) is 10.6. The highest BCUT2D eigenvalue weighted by Gasteiger charge is 2.06. The molecule has 0 amide bonds. The Morgan fingerprint density at radius 2 is 1.62 bits per heavy atom. The molecule has 0 aliphatic carbocycles. The minimum Gasteiger partial charge on any atom is -0.311 e. The standard InChI is InChI=1S/C24H31N5/c1-2-7-24-22(6-1)8-9-23(28-24)19-27-12-15-29-13-10-25-17-20-4-3-5-21(16-20)18-26-11-14-29/h1-9,16,25-27H,10-15,17-19H2. The number of nitrogens with zero attached hydrogens (tertiary/aromatic N) is 2. The van der Waals surface area contributed by atoms with Crippen molar-refractivity contribution in [1.29, 1.82) is 0 Å². The number of rotatable bonds is 5. The second kappa shape index (κ2) is 10.5. The molecule has 4 rings (SSSR count). The van der Waals surface area contributed by atoms with Crippen LogP contribution in [0.5, 0.6) is 0 Å². The Kier molecular flexibility index (Phi) is 7.21. The zero-order chi connectivity index (χ0) is 19.7. The number of aromatic nitrogens is 1. The summed E-state index contributed by atoms with van der Waals surface area (Å²) in [4.78, 5) is 7.27. The van der Waals surface area contributed by atoms with Crippen molar-refractivity contribution in [2.24, 2.45) is 0 Å². The number of fused-ring (bicyclic) bond motifs is 3. The number of hydrogen-bond acceptors (Lipinski definition) is 5. The Balaban J connectivity index is 1.23. The van der Waals surface area contributed by atoms with Gasteiger partial charge in [-0.25, -0.2) is 0 Å². The van der Waals surface area contributed by atoms with Crippen molar-refractivity contribution in [3.8, 4) is 0 Å². The first-order valence-corrected chi connectivity index (χ1v) is 10.6. The van der Waals surface area contributed by atoms with Gasteiger partial charge in [-0.3, -0.25) is 9.88 Å². The van der Waals surface area contributed by atoms with E-state index in [-0.39, 0.29) is 0 Å². The molecule has 0 atom stereocenters. The Morgan fingerprint density at radius 3 is 2.41 bits per heavy atom. The van der Waals surface area contributed by atoms with Crippen LogP contribution in [0.25, 0.3) is 10.9 Å². The Bertz CT molecular complexity index is 883. The molecule has 5 heteroatoms. The number of benzene rings is 2. The lowest BCUT2D eigenvalue weighted by molar-refractivity contribution is 0.270. The summed E-state index contributed by atoms with van der Waals surface area (Å²) in [6.07, 6.45) is 0. The molecule has 2 aromatic carbocycles. The summed E-state index contributed by atoms with van der Waals surface area (Å²) in [6.45, 7) is 8.85. The van der Waals surface area contributed by atoms with E-state index in [0.717, 1.165) is 70.1 Å². The Morgan fingerprint density at radius 1 is 0.862 bits per heavy atom. The van der Waals surface area contributed by atoms with Gasteiger partial charge in [0.15, 0.2) is 0 Å². The number of pyridine rings is 1. The lowest BCUT2D eigenvalue weighted by Gasteiger charge is -2.23. The zero-order valence-electron chi connectivity index (χ0n) is 17.0. The lowest BCUT2D eigenvalue weighted by atomic mass is 10.1. The van der Waals surface area contributed by atoms with E-state index in [1.165, 1.54) is 16.5 Å². The van der Waals surface area contributed by atoms with Crippen molar-refractivity contribution in [3.63, 3.8) is 0 Å². The van der Waals surface area contributed by atoms with E-state index in [4.69, 9.17) is 4.98 Å². The molecule has 0 saturated carbocycles. The van der Waals surface area contributed by atoms with E-state index in [2.05, 4.69) is 75.4 Å². The second-order valence-corrected chi connectivity index (χ2v) is 7.69. The highest BCUT2D eigenvalue weighted by atomic mass is 15.2. The van der Waals surface area contributed by atoms with Crippen molar-refractivity contribution >= 4 is 10.9 Å². The normalized spacial score (nSPS) is 16.3. The molecule has 1 aromatic heterocycles. The van der Waals surface area contributed by atoms with E-state index < -0.39 is 0 Å². The van der Waals surface area contributed by atoms with Crippen LogP contribution in [0.3, 0.4) is 0 Å². The van der Waals surface area contributed by atoms with Crippen LogP contribution in [0.15, 0.2) is 60.7 Å². The monoisotopic (exact) mass is 389 g/mol. The first-order chi connectivity index (χ1) is 14.4. The smallest absolute Gasteiger partial charge is 0.0705 e. The Hall–Kier alpha value is -2.31. The predicted molar refractivity (Wildman–Crippen MR) is 120 cm³/mol. The molecule has 3 N–H and O–H groups in total. The summed E-state index contributed by atoms with van der Waals surface area (Å²) in [5.74, 6) is 0. The maximum atomic E-state index is 4.74. The van der Waals surface area contributed by atoms with Crippen molar-refractivity contribution in [3.05, 3.63) is 77.5 Å². The van der Waals surface area contributed by atoms with Gasteiger partial charge in [-0.1, -0.05) is 48.5 Å². The maximum Gasteiger partial charge on any atom is 0.0705 e. The van der Waals surface area contributed by atoms with Gasteiger partial charge < -0.3 is 16.0 Å². The van der Waals surface area contributed by atoms with Crippen molar-refractivity contribution in [1.82, 2.24) is 25.8 Å². The summed E-state index contributed by atoms with van der Waals surface area (Å²) >= 11 is 0. The van der Waals surface area contributed by atoms with Crippen LogP contribution in [-0.4, -0.2) is 49.2 Å². The molecule has 2 heterocycles. The molecule has 0 radical (unpaired) electrons. The molecular weight excluding hydrogens is 358 g/mol. The third-order valence-electron chi connectivity index (χ3n) is 5.43. The van der Waals surface area contributed by atoms with E-state index in [9.17, 15) is 0 Å². The van der Waals surface area contributed by atoms with Crippen LogP contribution in [0.2, 0.25) is 0 Å². The summed E-state index contributed by atoms with van der Waals surface area (Å²) in [5, 5.41) is 11.9. The minimum absolute atomic E-state index is 0.809. The van der Waals surface area contributed by atoms with Crippen LogP contribution in [0.4, 0.5) is 0 Å². The van der Waals surface area contributed by atoms with E-state index in [0.29, 0.717) is 0 Å². The number of nitrogens with one attached hydrogen (secondary N) is 3. The molecule has 1 aliphatic rings. The van der Waals surface area contributed by atoms with Crippen LogP contribution in [0, 0.1) is 0 Å². The SMILES string of the molecule is c1cc2cc(c1)CNCCN(CCNCc1ccc3ccccc3n1)CCNC2. The van der Waals surface area contributed by atoms with Crippen LogP contribution in [-0.2, 0) is 19.6 Å². The van der Waals surface area contributed by atoms with Gasteiger partial charge in [0, 0.05) is 64.3 Å². The molecule has 1 aliphatic heterocycles. The fourth-order valence-corrected chi connectivity index (χ4v) is 3.79. The van der Waals surface area contributed by atoms with Crippen molar-refractivity contribution in [2.45, 2.75) is 19.6 Å². The molecule has 0 unspecified atom stereocenters. The zero-order valence-corrected chi connectivity index (χ0v) is 17.0. The maximum absolute atomic E-state index is 4.74. The molecule has 5 nitrogen and oxygen atoms in total. The average Bonchev–Trinajstić information content (AvgIpc) is 2.76. The van der Waals surface area contributed by atoms with Crippen LogP contribution < -0.4 is 16.0 Å². The van der Waals surface area contributed by atoms with Gasteiger partial charge >= 0.3 is 0 Å². The molecule has 0 saturated heterocycles. The van der Waals surface area contributed by atoms with E-state index in [1.807, 2.05) is 6.07 Å². The number of hydrogen-bond donors (Lipinski definition) is 3. The molecular formula is C24H31N5. The van der Waals surface area contributed by atoms with Gasteiger partial charge in [-0.2, -0.15) is 0 Å². The predicted octanol–water partition coefficient (Wildman–Crippen LogP) is 2.52. The fourth-order valence-electron chi connectivity index (χ4n) is 3.79. The largest absolute Gasteiger partial charge is 0.311 e. The van der Waals surface area contributed by atoms with Crippen LogP contribution in [0.1, 0.15) is 16.8 Å². The van der Waals surface area contributed by atoms with Gasteiger partial charge in [-0.15, -0.1) is 0 Å². The first kappa shape index (κ1) is 20.0. The molecule has 2 bridgehead atoms. The van der Waals surface area contributed by atoms with Gasteiger partial charge in [0.2, 0.25) is 0 Å². The third kappa shape index (κ3) is 6.08. The van der Waals surface area contributed by atoms with Gasteiger partial charge in [0.1, 0.15) is 0 Å². The van der Waals surface area contributed by atoms with E-state index in [1.54, 1.807) is 0 Å². The summed E-state index contributed by atoms with van der Waals surface area (Å²) in [5.41, 5.74) is 4.89. The van der Waals surface area contributed by atoms with E-state index >= 15 is 0 Å².